The van der Waals surface area contributed by atoms with Crippen LogP contribution in [0.15, 0.2) is 48.8 Å². The van der Waals surface area contributed by atoms with E-state index in [4.69, 9.17) is 4.74 Å². The Hall–Kier alpha value is -2.40. The molecule has 0 radical (unpaired) electrons. The number of rotatable bonds is 8. The Bertz CT molecular complexity index is 657. The number of carbonyl (C=O) groups excluding carboxylic acids is 1. The number of amides is 1. The molecule has 2 aromatic rings. The molecule has 0 aliphatic carbocycles. The Kier molecular flexibility index (Phi) is 6.32. The van der Waals surface area contributed by atoms with E-state index in [1.54, 1.807) is 48.8 Å². The topological polar surface area (TPSA) is 71.5 Å². The molecule has 5 nitrogen and oxygen atoms in total. The summed E-state index contributed by atoms with van der Waals surface area (Å²) in [7, 11) is 0. The van der Waals surface area contributed by atoms with Gasteiger partial charge in [0.1, 0.15) is 11.5 Å². The molecule has 1 amide bonds. The molecular formula is C19H24N2O3. The third kappa shape index (κ3) is 5.66. The van der Waals surface area contributed by atoms with E-state index in [2.05, 4.69) is 10.3 Å². The first-order chi connectivity index (χ1) is 11.5. The number of nitrogens with one attached hydrogen (secondary N) is 1. The van der Waals surface area contributed by atoms with Crippen LogP contribution < -0.4 is 10.1 Å². The van der Waals surface area contributed by atoms with Gasteiger partial charge in [-0.2, -0.15) is 0 Å². The van der Waals surface area contributed by atoms with Crippen molar-refractivity contribution in [2.24, 2.45) is 5.41 Å². The fraction of sp³-hybridized carbons (Fsp3) is 0.368. The van der Waals surface area contributed by atoms with E-state index in [1.807, 2.05) is 13.8 Å². The Balaban J connectivity index is 1.87. The third-order valence-electron chi connectivity index (χ3n) is 3.73. The van der Waals surface area contributed by atoms with Gasteiger partial charge < -0.3 is 15.2 Å². The molecule has 1 heterocycles. The quantitative estimate of drug-likeness (QED) is 0.729. The van der Waals surface area contributed by atoms with Crippen molar-refractivity contribution in [1.29, 1.82) is 0 Å². The van der Waals surface area contributed by atoms with Crippen molar-refractivity contribution in [3.8, 4) is 11.5 Å². The highest BCUT2D eigenvalue weighted by Crippen LogP contribution is 2.22. The zero-order valence-electron chi connectivity index (χ0n) is 14.2. The van der Waals surface area contributed by atoms with Crippen molar-refractivity contribution in [2.45, 2.75) is 26.7 Å². The number of hydrogen-bond acceptors (Lipinski definition) is 4. The van der Waals surface area contributed by atoms with Crippen LogP contribution in [0.1, 0.15) is 37.0 Å². The summed E-state index contributed by atoms with van der Waals surface area (Å²) in [5.41, 5.74) is 0.450. The van der Waals surface area contributed by atoms with Crippen LogP contribution in [0.25, 0.3) is 0 Å². The van der Waals surface area contributed by atoms with Crippen LogP contribution in [0.4, 0.5) is 0 Å². The number of aromatic nitrogens is 1. The molecule has 0 atom stereocenters. The van der Waals surface area contributed by atoms with Gasteiger partial charge in [-0.1, -0.05) is 19.9 Å². The molecule has 24 heavy (non-hydrogen) atoms. The molecular weight excluding hydrogens is 304 g/mol. The van der Waals surface area contributed by atoms with Gasteiger partial charge in [0.2, 0.25) is 0 Å². The van der Waals surface area contributed by atoms with Crippen LogP contribution in [0.3, 0.4) is 0 Å². The molecule has 0 fully saturated rings. The summed E-state index contributed by atoms with van der Waals surface area (Å²) in [5.74, 6) is 1.15. The number of pyridine rings is 1. The highest BCUT2D eigenvalue weighted by molar-refractivity contribution is 5.94. The summed E-state index contributed by atoms with van der Waals surface area (Å²) in [6.07, 6.45) is 4.99. The lowest BCUT2D eigenvalue weighted by Gasteiger charge is -2.21. The lowest BCUT2D eigenvalue weighted by molar-refractivity contribution is 0.0948. The zero-order valence-corrected chi connectivity index (χ0v) is 14.2. The standard InChI is InChI=1S/C19H24N2O3/c1-19(2,14-22)9-4-10-21-18(23)15-5-3-6-17(13-15)24-16-7-11-20-12-8-16/h3,5-8,11-13,22H,4,9-10,14H2,1-2H3,(H,21,23). The van der Waals surface area contributed by atoms with Crippen molar-refractivity contribution >= 4 is 5.91 Å². The van der Waals surface area contributed by atoms with Crippen molar-refractivity contribution in [3.05, 3.63) is 54.4 Å². The molecule has 0 saturated carbocycles. The average Bonchev–Trinajstić information content (AvgIpc) is 2.60. The lowest BCUT2D eigenvalue weighted by atomic mass is 9.89. The van der Waals surface area contributed by atoms with E-state index in [0.29, 0.717) is 23.6 Å². The summed E-state index contributed by atoms with van der Waals surface area (Å²) in [5, 5.41) is 12.1. The first-order valence-corrected chi connectivity index (χ1v) is 8.07. The van der Waals surface area contributed by atoms with Crippen LogP contribution in [0.2, 0.25) is 0 Å². The summed E-state index contributed by atoms with van der Waals surface area (Å²) < 4.78 is 5.71. The van der Waals surface area contributed by atoms with Gasteiger partial charge >= 0.3 is 0 Å². The highest BCUT2D eigenvalue weighted by atomic mass is 16.5. The highest BCUT2D eigenvalue weighted by Gasteiger charge is 2.15. The third-order valence-corrected chi connectivity index (χ3v) is 3.73. The van der Waals surface area contributed by atoms with Crippen molar-refractivity contribution in [3.63, 3.8) is 0 Å². The normalized spacial score (nSPS) is 11.1. The summed E-state index contributed by atoms with van der Waals surface area (Å²) in [4.78, 5) is 16.2. The number of nitrogens with zero attached hydrogens (tertiary/aromatic N) is 1. The lowest BCUT2D eigenvalue weighted by Crippen LogP contribution is -2.26. The summed E-state index contributed by atoms with van der Waals surface area (Å²) in [6, 6.07) is 10.6. The van der Waals surface area contributed by atoms with Gasteiger partial charge in [-0.05, 0) is 48.6 Å². The fourth-order valence-corrected chi connectivity index (χ4v) is 2.19. The minimum Gasteiger partial charge on any atom is -0.457 e. The number of hydrogen-bond donors (Lipinski definition) is 2. The van der Waals surface area contributed by atoms with Crippen molar-refractivity contribution < 1.29 is 14.6 Å². The van der Waals surface area contributed by atoms with Gasteiger partial charge in [0, 0.05) is 31.1 Å². The Morgan fingerprint density at radius 1 is 1.21 bits per heavy atom. The number of aliphatic hydroxyl groups is 1. The van der Waals surface area contributed by atoms with Gasteiger partial charge in [-0.3, -0.25) is 9.78 Å². The van der Waals surface area contributed by atoms with Gasteiger partial charge in [0.05, 0.1) is 0 Å². The van der Waals surface area contributed by atoms with Gasteiger partial charge in [0.15, 0.2) is 0 Å². The molecule has 0 aliphatic heterocycles. The van der Waals surface area contributed by atoms with Crippen molar-refractivity contribution in [2.75, 3.05) is 13.2 Å². The van der Waals surface area contributed by atoms with Crippen LogP contribution in [0.5, 0.6) is 11.5 Å². The largest absolute Gasteiger partial charge is 0.457 e. The molecule has 128 valence electrons. The molecule has 0 unspecified atom stereocenters. The molecule has 1 aromatic heterocycles. The second-order valence-corrected chi connectivity index (χ2v) is 6.49. The SMILES string of the molecule is CC(C)(CO)CCCNC(=O)c1cccc(Oc2ccncc2)c1. The monoisotopic (exact) mass is 328 g/mol. The zero-order chi connectivity index (χ0) is 17.4. The van der Waals surface area contributed by atoms with E-state index in [0.717, 1.165) is 12.8 Å². The number of ether oxygens (including phenoxy) is 1. The fourth-order valence-electron chi connectivity index (χ4n) is 2.19. The molecule has 5 heteroatoms. The first-order valence-electron chi connectivity index (χ1n) is 8.07. The van der Waals surface area contributed by atoms with E-state index in [-0.39, 0.29) is 17.9 Å². The maximum absolute atomic E-state index is 12.2. The molecule has 1 aromatic carbocycles. The van der Waals surface area contributed by atoms with Gasteiger partial charge in [-0.15, -0.1) is 0 Å². The minimum atomic E-state index is -0.128. The van der Waals surface area contributed by atoms with E-state index in [9.17, 15) is 9.90 Å². The second kappa shape index (κ2) is 8.45. The average molecular weight is 328 g/mol. The Morgan fingerprint density at radius 3 is 2.67 bits per heavy atom. The molecule has 0 saturated heterocycles. The molecule has 2 rings (SSSR count). The van der Waals surface area contributed by atoms with Gasteiger partial charge in [0.25, 0.3) is 5.91 Å². The predicted octanol–water partition coefficient (Wildman–Crippen LogP) is 3.40. The maximum Gasteiger partial charge on any atom is 0.251 e. The van der Waals surface area contributed by atoms with Crippen LogP contribution in [0, 0.1) is 5.41 Å². The molecule has 2 N–H and O–H groups in total. The molecule has 0 aliphatic rings. The van der Waals surface area contributed by atoms with Crippen LogP contribution in [-0.2, 0) is 0 Å². The van der Waals surface area contributed by atoms with Crippen LogP contribution >= 0.6 is 0 Å². The number of benzene rings is 1. The smallest absolute Gasteiger partial charge is 0.251 e. The van der Waals surface area contributed by atoms with E-state index < -0.39 is 0 Å². The Morgan fingerprint density at radius 2 is 1.96 bits per heavy atom. The van der Waals surface area contributed by atoms with Crippen molar-refractivity contribution in [1.82, 2.24) is 10.3 Å². The van der Waals surface area contributed by atoms with Gasteiger partial charge in [-0.25, -0.2) is 0 Å². The Labute approximate surface area is 142 Å². The van der Waals surface area contributed by atoms with Crippen LogP contribution in [-0.4, -0.2) is 29.1 Å². The summed E-state index contributed by atoms with van der Waals surface area (Å²) >= 11 is 0. The van der Waals surface area contributed by atoms with E-state index >= 15 is 0 Å². The summed E-state index contributed by atoms with van der Waals surface area (Å²) in [6.45, 7) is 4.75. The number of aliphatic hydroxyl groups excluding tert-OH is 1. The predicted molar refractivity (Wildman–Crippen MR) is 93.2 cm³/mol. The molecule has 0 spiro atoms. The second-order valence-electron chi connectivity index (χ2n) is 6.49. The van der Waals surface area contributed by atoms with E-state index in [1.165, 1.54) is 0 Å². The maximum atomic E-state index is 12.2. The molecule has 0 bridgehead atoms. The first kappa shape index (κ1) is 17.9. The number of carbonyl (C=O) groups is 1. The minimum absolute atomic E-state index is 0.108.